The Morgan fingerprint density at radius 1 is 0.180 bits per heavy atom. The van der Waals surface area contributed by atoms with Crippen molar-refractivity contribution in [1.82, 2.24) is 49.8 Å². The van der Waals surface area contributed by atoms with Gasteiger partial charge in [-0.05, 0) is 303 Å². The largest absolute Gasteiger partial charge is 0.494 e. The van der Waals surface area contributed by atoms with Gasteiger partial charge in [-0.15, -0.1) is 0 Å². The molecule has 0 radical (unpaired) electrons. The van der Waals surface area contributed by atoms with Crippen molar-refractivity contribution in [2.24, 2.45) is 0 Å². The van der Waals surface area contributed by atoms with Crippen LogP contribution in [-0.2, 0) is 32.1 Å². The monoisotopic (exact) mass is 1980 g/mol. The van der Waals surface area contributed by atoms with E-state index in [0.29, 0.717) is 0 Å². The summed E-state index contributed by atoms with van der Waals surface area (Å²) in [5.41, 5.74) is 11.2. The summed E-state index contributed by atoms with van der Waals surface area (Å²) in [5, 5.41) is 5.34. The molecule has 0 aliphatic rings. The van der Waals surface area contributed by atoms with Gasteiger partial charge in [-0.3, -0.25) is 0 Å². The van der Waals surface area contributed by atoms with Crippen LogP contribution in [0.1, 0.15) is 268 Å². The van der Waals surface area contributed by atoms with Gasteiger partial charge in [-0.25, -0.2) is 49.8 Å². The van der Waals surface area contributed by atoms with Crippen molar-refractivity contribution < 1.29 is 23.7 Å². The standard InChI is InChI=1S/C24H35BrN2O.C21H29BrN2O.C20H27BrN2O.C19H25BrN2O.C18H23BrN2O/c1-2-3-4-5-6-7-9-12-21-19-26-24(27-20-21)22-13-15-23(16-14-22)28-18-11-8-10-17-25;1-2-3-4-6-9-18-16-23-21(24-17-18)19-10-12-20(13-11-19)25-15-8-5-7-14-22;1-2-3-5-8-17-15-22-20(23-16-17)18-9-11-19(12-10-18)24-14-7-4-6-13-21;1-2-3-7-16-14-21-19(22-15-16)17-8-10-18(11-9-17)23-13-6-4-5-12-20;1-2-6-15-13-20-18(21-14-15)16-7-9-17(10-8-16)22-12-5-3-4-11-19/h13-16,19-20H,2-12,17-18H2,1H3;10-13,16-17H,2-9,14-15H2,1H3;9-12,15-16H,2-8,13-14H2,1H3;8-11,14-15H,2-7,12-13H2,1H3;7-10,13-14H,2-6,11-12H2,1H3. The summed E-state index contributed by atoms with van der Waals surface area (Å²) < 4.78 is 28.8. The summed E-state index contributed by atoms with van der Waals surface area (Å²) in [7, 11) is 0. The lowest BCUT2D eigenvalue weighted by Gasteiger charge is -2.07. The zero-order valence-corrected chi connectivity index (χ0v) is 81.9. The highest BCUT2D eigenvalue weighted by molar-refractivity contribution is 9.09. The summed E-state index contributed by atoms with van der Waals surface area (Å²) in [4.78, 5) is 45.0. The van der Waals surface area contributed by atoms with Crippen LogP contribution in [0.5, 0.6) is 28.7 Å². The van der Waals surface area contributed by atoms with Gasteiger partial charge in [0.15, 0.2) is 29.1 Å². The van der Waals surface area contributed by atoms with Crippen molar-refractivity contribution in [2.75, 3.05) is 59.7 Å². The van der Waals surface area contributed by atoms with E-state index in [1.165, 1.54) is 195 Å². The van der Waals surface area contributed by atoms with Gasteiger partial charge in [-0.1, -0.05) is 198 Å². The molecular formula is C102H139Br5N10O5. The molecular weight excluding hydrogens is 1840 g/mol. The summed E-state index contributed by atoms with van der Waals surface area (Å²) >= 11 is 17.2. The Balaban J connectivity index is 0.000000237. The van der Waals surface area contributed by atoms with Gasteiger partial charge < -0.3 is 23.7 Å². The van der Waals surface area contributed by atoms with Crippen molar-refractivity contribution >= 4 is 79.6 Å². The second-order valence-corrected chi connectivity index (χ2v) is 34.6. The Morgan fingerprint density at radius 3 is 0.566 bits per heavy atom. The predicted molar refractivity (Wildman–Crippen MR) is 528 cm³/mol. The Kier molecular flexibility index (Phi) is 58.8. The highest BCUT2D eigenvalue weighted by atomic mass is 79.9. The van der Waals surface area contributed by atoms with Gasteiger partial charge in [0.2, 0.25) is 0 Å². The zero-order valence-electron chi connectivity index (χ0n) is 74.0. The number of aryl methyl sites for hydroxylation is 5. The molecule has 5 aromatic carbocycles. The van der Waals surface area contributed by atoms with Gasteiger partial charge >= 0.3 is 0 Å². The smallest absolute Gasteiger partial charge is 0.159 e. The van der Waals surface area contributed by atoms with Crippen LogP contribution in [-0.4, -0.2) is 110 Å². The summed E-state index contributed by atoms with van der Waals surface area (Å²) in [6, 6.07) is 40.3. The molecule has 0 fully saturated rings. The number of aromatic nitrogens is 10. The first-order valence-corrected chi connectivity index (χ1v) is 51.3. The number of hydrogen-bond donors (Lipinski definition) is 0. The average Bonchev–Trinajstić information content (AvgIpc) is 0.878. The van der Waals surface area contributed by atoms with E-state index in [4.69, 9.17) is 23.7 Å². The fraction of sp³-hybridized carbons (Fsp3) is 0.510. The highest BCUT2D eigenvalue weighted by Crippen LogP contribution is 2.27. The van der Waals surface area contributed by atoms with Crippen LogP contribution in [0.25, 0.3) is 56.9 Å². The molecule has 0 aliphatic carbocycles. The molecule has 0 saturated heterocycles. The van der Waals surface area contributed by atoms with E-state index >= 15 is 0 Å². The first-order valence-electron chi connectivity index (χ1n) is 45.7. The van der Waals surface area contributed by atoms with Crippen molar-refractivity contribution in [3.05, 3.63) is 211 Å². The van der Waals surface area contributed by atoms with Crippen LogP contribution < -0.4 is 23.7 Å². The van der Waals surface area contributed by atoms with Crippen LogP contribution >= 0.6 is 79.6 Å². The molecule has 122 heavy (non-hydrogen) atoms. The second kappa shape index (κ2) is 69.1. The minimum atomic E-state index is 0.767. The molecule has 662 valence electrons. The van der Waals surface area contributed by atoms with E-state index in [-0.39, 0.29) is 0 Å². The van der Waals surface area contributed by atoms with E-state index in [2.05, 4.69) is 164 Å². The Morgan fingerprint density at radius 2 is 0.352 bits per heavy atom. The molecule has 0 atom stereocenters. The zero-order chi connectivity index (χ0) is 86.6. The molecule has 5 heterocycles. The molecule has 15 nitrogen and oxygen atoms in total. The summed E-state index contributed by atoms with van der Waals surface area (Å²) in [5.74, 6) is 8.43. The fourth-order valence-corrected chi connectivity index (χ4v) is 14.8. The SMILES string of the molecule is CCCCCCCCCc1cnc(-c2ccc(OCCCCCBr)cc2)nc1.CCCCCCc1cnc(-c2ccc(OCCCCCBr)cc2)nc1.CCCCCc1cnc(-c2ccc(OCCCCCBr)cc2)nc1.CCCCc1cnc(-c2ccc(OCCCCCBr)cc2)nc1.CCCc1cnc(-c2ccc(OCCCCCBr)cc2)nc1. The maximum Gasteiger partial charge on any atom is 0.159 e. The summed E-state index contributed by atoms with van der Waals surface area (Å²) in [6.45, 7) is 14.9. The number of nitrogens with zero attached hydrogens (tertiary/aromatic N) is 10. The molecule has 10 rings (SSSR count). The number of hydrogen-bond acceptors (Lipinski definition) is 15. The predicted octanol–water partition coefficient (Wildman–Crippen LogP) is 29.9. The maximum absolute atomic E-state index is 5.79. The van der Waals surface area contributed by atoms with E-state index in [1.54, 1.807) is 0 Å². The van der Waals surface area contributed by atoms with Crippen molar-refractivity contribution in [2.45, 2.75) is 272 Å². The molecule has 0 unspecified atom stereocenters. The van der Waals surface area contributed by atoms with Gasteiger partial charge in [0.1, 0.15) is 28.7 Å². The molecule has 0 N–H and O–H groups in total. The number of halogens is 5. The number of rotatable bonds is 57. The number of benzene rings is 5. The molecule has 0 aliphatic heterocycles. The lowest BCUT2D eigenvalue weighted by molar-refractivity contribution is 0.306. The second-order valence-electron chi connectivity index (χ2n) is 30.7. The van der Waals surface area contributed by atoms with Gasteiger partial charge in [0.25, 0.3) is 0 Å². The third kappa shape index (κ3) is 46.2. The molecule has 20 heteroatoms. The lowest BCUT2D eigenvalue weighted by atomic mass is 10.1. The van der Waals surface area contributed by atoms with Gasteiger partial charge in [-0.2, -0.15) is 0 Å². The summed E-state index contributed by atoms with van der Waals surface area (Å²) in [6.07, 6.45) is 63.9. The number of alkyl halides is 5. The van der Waals surface area contributed by atoms with Crippen LogP contribution in [0, 0.1) is 0 Å². The first kappa shape index (κ1) is 104. The first-order chi connectivity index (χ1) is 60.2. The Bertz CT molecular complexity index is 4130. The van der Waals surface area contributed by atoms with E-state index in [0.717, 1.165) is 216 Å². The minimum absolute atomic E-state index is 0.767. The maximum atomic E-state index is 5.79. The normalized spacial score (nSPS) is 10.8. The molecule has 0 spiro atoms. The van der Waals surface area contributed by atoms with E-state index in [9.17, 15) is 0 Å². The quantitative estimate of drug-likeness (QED) is 0.0260. The third-order valence-corrected chi connectivity index (χ3v) is 22.9. The molecule has 0 saturated carbocycles. The molecule has 0 bridgehead atoms. The van der Waals surface area contributed by atoms with Gasteiger partial charge in [0.05, 0.1) is 33.0 Å². The molecule has 0 amide bonds. The third-order valence-electron chi connectivity index (χ3n) is 20.1. The highest BCUT2D eigenvalue weighted by Gasteiger charge is 2.11. The van der Waals surface area contributed by atoms with Crippen molar-refractivity contribution in [3.63, 3.8) is 0 Å². The van der Waals surface area contributed by atoms with E-state index in [1.807, 2.05) is 183 Å². The fourth-order valence-electron chi connectivity index (χ4n) is 12.8. The van der Waals surface area contributed by atoms with Crippen molar-refractivity contribution in [3.8, 4) is 85.7 Å². The average molecular weight is 1980 g/mol. The Labute approximate surface area is 775 Å². The molecule has 10 aromatic rings. The minimum Gasteiger partial charge on any atom is -0.494 e. The lowest BCUT2D eigenvalue weighted by Crippen LogP contribution is -1.97. The van der Waals surface area contributed by atoms with E-state index < -0.39 is 0 Å². The van der Waals surface area contributed by atoms with Crippen LogP contribution in [0.3, 0.4) is 0 Å². The number of ether oxygens (including phenoxy) is 5. The Hall–Kier alpha value is -7.10. The number of unbranched alkanes of at least 4 members (excludes halogenated alkanes) is 22. The van der Waals surface area contributed by atoms with Crippen LogP contribution in [0.4, 0.5) is 0 Å². The van der Waals surface area contributed by atoms with Crippen LogP contribution in [0.2, 0.25) is 0 Å². The van der Waals surface area contributed by atoms with Crippen molar-refractivity contribution in [1.29, 1.82) is 0 Å². The molecule has 5 aromatic heterocycles. The van der Waals surface area contributed by atoms with Crippen LogP contribution in [0.15, 0.2) is 183 Å². The topological polar surface area (TPSA) is 175 Å². The van der Waals surface area contributed by atoms with Gasteiger partial charge in [0, 0.05) is 116 Å².